The summed E-state index contributed by atoms with van der Waals surface area (Å²) in [4.78, 5) is 11.8. The molecule has 0 unspecified atom stereocenters. The van der Waals surface area contributed by atoms with Crippen LogP contribution in [0, 0.1) is 17.1 Å². The number of carbonyl (C=O) groups excluding carboxylic acids is 1. The van der Waals surface area contributed by atoms with E-state index in [1.165, 1.54) is 18.3 Å². The molecule has 2 aromatic rings. The Morgan fingerprint density at radius 3 is 3.00 bits per heavy atom. The van der Waals surface area contributed by atoms with Gasteiger partial charge in [-0.3, -0.25) is 9.89 Å². The van der Waals surface area contributed by atoms with Crippen LogP contribution in [0.1, 0.15) is 15.9 Å². The monoisotopic (exact) mass is 264 g/mol. The smallest absolute Gasteiger partial charge is 0.256 e. The number of carbonyl (C=O) groups is 1. The molecule has 0 aliphatic heterocycles. The summed E-state index contributed by atoms with van der Waals surface area (Å²) >= 11 is 5.51. The van der Waals surface area contributed by atoms with E-state index in [0.29, 0.717) is 0 Å². The minimum atomic E-state index is -0.686. The maximum Gasteiger partial charge on any atom is 0.256 e. The number of benzene rings is 1. The van der Waals surface area contributed by atoms with Crippen LogP contribution in [-0.2, 0) is 0 Å². The number of H-pyrrole nitrogens is 1. The lowest BCUT2D eigenvalue weighted by Gasteiger charge is -2.03. The van der Waals surface area contributed by atoms with Crippen molar-refractivity contribution in [1.82, 2.24) is 10.2 Å². The maximum absolute atomic E-state index is 13.2. The molecule has 0 radical (unpaired) electrons. The minimum absolute atomic E-state index is 0.0641. The molecule has 0 aliphatic carbocycles. The summed E-state index contributed by atoms with van der Waals surface area (Å²) in [6.07, 6.45) is 1.28. The molecule has 2 N–H and O–H groups in total. The first-order valence-corrected chi connectivity index (χ1v) is 5.19. The summed E-state index contributed by atoms with van der Waals surface area (Å²) in [6.45, 7) is 0. The third-order valence-corrected chi connectivity index (χ3v) is 2.49. The van der Waals surface area contributed by atoms with Crippen molar-refractivity contribution in [1.29, 1.82) is 5.26 Å². The predicted molar refractivity (Wildman–Crippen MR) is 62.7 cm³/mol. The SMILES string of the molecule is N#Cc1cn[nH]c1NC(=O)c1ccc(Cl)c(F)c1. The molecule has 0 saturated carbocycles. The summed E-state index contributed by atoms with van der Waals surface area (Å²) in [5.41, 5.74) is 0.285. The van der Waals surface area contributed by atoms with Gasteiger partial charge in [-0.15, -0.1) is 0 Å². The molecule has 1 aromatic carbocycles. The number of rotatable bonds is 2. The molecule has 7 heteroatoms. The fraction of sp³-hybridized carbons (Fsp3) is 0. The third kappa shape index (κ3) is 2.31. The Balaban J connectivity index is 2.23. The average Bonchev–Trinajstić information content (AvgIpc) is 2.79. The van der Waals surface area contributed by atoms with Gasteiger partial charge in [0.05, 0.1) is 11.2 Å². The van der Waals surface area contributed by atoms with Gasteiger partial charge >= 0.3 is 0 Å². The molecule has 5 nitrogen and oxygen atoms in total. The lowest BCUT2D eigenvalue weighted by molar-refractivity contribution is 0.102. The van der Waals surface area contributed by atoms with E-state index in [2.05, 4.69) is 15.5 Å². The number of anilines is 1. The molecule has 0 fully saturated rings. The Morgan fingerprint density at radius 2 is 2.33 bits per heavy atom. The van der Waals surface area contributed by atoms with Crippen LogP contribution < -0.4 is 5.32 Å². The van der Waals surface area contributed by atoms with E-state index in [1.54, 1.807) is 0 Å². The van der Waals surface area contributed by atoms with E-state index in [4.69, 9.17) is 16.9 Å². The van der Waals surface area contributed by atoms with Crippen LogP contribution in [0.2, 0.25) is 5.02 Å². The second kappa shape index (κ2) is 4.85. The van der Waals surface area contributed by atoms with Gasteiger partial charge in [-0.1, -0.05) is 11.6 Å². The topological polar surface area (TPSA) is 81.6 Å². The quantitative estimate of drug-likeness (QED) is 0.873. The highest BCUT2D eigenvalue weighted by Crippen LogP contribution is 2.17. The molecule has 1 amide bonds. The van der Waals surface area contributed by atoms with E-state index in [-0.39, 0.29) is 22.0 Å². The predicted octanol–water partition coefficient (Wildman–Crippen LogP) is 2.33. The van der Waals surface area contributed by atoms with Crippen LogP contribution in [0.15, 0.2) is 24.4 Å². The standard InChI is InChI=1S/C11H6ClFN4O/c12-8-2-1-6(3-9(8)13)11(18)16-10-7(4-14)5-15-17-10/h1-3,5H,(H2,15,16,17,18). The fourth-order valence-corrected chi connectivity index (χ4v) is 1.41. The molecule has 0 bridgehead atoms. The van der Waals surface area contributed by atoms with Crippen molar-refractivity contribution in [3.8, 4) is 6.07 Å². The van der Waals surface area contributed by atoms with Crippen molar-refractivity contribution >= 4 is 23.3 Å². The average molecular weight is 265 g/mol. The van der Waals surface area contributed by atoms with Gasteiger partial charge in [0, 0.05) is 5.56 Å². The molecule has 1 heterocycles. The van der Waals surface area contributed by atoms with E-state index >= 15 is 0 Å². The zero-order valence-corrected chi connectivity index (χ0v) is 9.62. The Kier molecular flexibility index (Phi) is 3.26. The van der Waals surface area contributed by atoms with E-state index in [0.717, 1.165) is 6.07 Å². The van der Waals surface area contributed by atoms with Gasteiger partial charge in [-0.2, -0.15) is 10.4 Å². The number of amides is 1. The van der Waals surface area contributed by atoms with Gasteiger partial charge in [0.1, 0.15) is 23.3 Å². The van der Waals surface area contributed by atoms with Crippen LogP contribution in [0.25, 0.3) is 0 Å². The fourth-order valence-electron chi connectivity index (χ4n) is 1.29. The highest BCUT2D eigenvalue weighted by Gasteiger charge is 2.12. The zero-order valence-electron chi connectivity index (χ0n) is 8.87. The normalized spacial score (nSPS) is 9.83. The number of nitrogens with one attached hydrogen (secondary N) is 2. The van der Waals surface area contributed by atoms with Crippen molar-refractivity contribution in [2.24, 2.45) is 0 Å². The van der Waals surface area contributed by atoms with Crippen LogP contribution in [0.4, 0.5) is 10.2 Å². The van der Waals surface area contributed by atoms with Crippen molar-refractivity contribution < 1.29 is 9.18 Å². The Bertz CT molecular complexity index is 647. The second-order valence-electron chi connectivity index (χ2n) is 3.35. The molecular weight excluding hydrogens is 259 g/mol. The van der Waals surface area contributed by atoms with Crippen LogP contribution in [0.5, 0.6) is 0 Å². The Labute approximate surface area is 106 Å². The van der Waals surface area contributed by atoms with Gasteiger partial charge in [-0.05, 0) is 18.2 Å². The van der Waals surface area contributed by atoms with E-state index in [9.17, 15) is 9.18 Å². The van der Waals surface area contributed by atoms with Gasteiger partial charge in [0.2, 0.25) is 0 Å². The Morgan fingerprint density at radius 1 is 1.56 bits per heavy atom. The molecule has 90 valence electrons. The van der Waals surface area contributed by atoms with Crippen LogP contribution in [-0.4, -0.2) is 16.1 Å². The number of aromatic amines is 1. The van der Waals surface area contributed by atoms with Crippen molar-refractivity contribution in [2.45, 2.75) is 0 Å². The van der Waals surface area contributed by atoms with Gasteiger partial charge in [-0.25, -0.2) is 4.39 Å². The summed E-state index contributed by atoms with van der Waals surface area (Å²) in [6, 6.07) is 5.52. The summed E-state index contributed by atoms with van der Waals surface area (Å²) in [5, 5.41) is 17.2. The first-order valence-electron chi connectivity index (χ1n) is 4.81. The number of hydrogen-bond acceptors (Lipinski definition) is 3. The number of nitrogens with zero attached hydrogens (tertiary/aromatic N) is 2. The van der Waals surface area contributed by atoms with E-state index < -0.39 is 11.7 Å². The van der Waals surface area contributed by atoms with Crippen LogP contribution >= 0.6 is 11.6 Å². The molecule has 2 rings (SSSR count). The highest BCUT2D eigenvalue weighted by molar-refractivity contribution is 6.30. The van der Waals surface area contributed by atoms with Crippen LogP contribution in [0.3, 0.4) is 0 Å². The maximum atomic E-state index is 13.2. The first kappa shape index (κ1) is 12.1. The molecular formula is C11H6ClFN4O. The summed E-state index contributed by atoms with van der Waals surface area (Å²) < 4.78 is 13.2. The highest BCUT2D eigenvalue weighted by atomic mass is 35.5. The zero-order chi connectivity index (χ0) is 13.1. The van der Waals surface area contributed by atoms with E-state index in [1.807, 2.05) is 6.07 Å². The molecule has 0 spiro atoms. The number of halogens is 2. The van der Waals surface area contributed by atoms with Crippen molar-refractivity contribution in [3.63, 3.8) is 0 Å². The van der Waals surface area contributed by atoms with Gasteiger partial charge < -0.3 is 5.32 Å². The number of aromatic nitrogens is 2. The lowest BCUT2D eigenvalue weighted by Crippen LogP contribution is -2.13. The first-order chi connectivity index (χ1) is 8.61. The van der Waals surface area contributed by atoms with Gasteiger partial charge in [0.25, 0.3) is 5.91 Å². The minimum Gasteiger partial charge on any atom is -0.306 e. The second-order valence-corrected chi connectivity index (χ2v) is 3.76. The molecule has 18 heavy (non-hydrogen) atoms. The lowest BCUT2D eigenvalue weighted by atomic mass is 10.2. The third-order valence-electron chi connectivity index (χ3n) is 2.18. The summed E-state index contributed by atoms with van der Waals surface area (Å²) in [7, 11) is 0. The molecule has 1 aromatic heterocycles. The Hall–Kier alpha value is -2.39. The summed E-state index contributed by atoms with van der Waals surface area (Å²) in [5.74, 6) is -1.08. The van der Waals surface area contributed by atoms with Gasteiger partial charge in [0.15, 0.2) is 0 Å². The largest absolute Gasteiger partial charge is 0.306 e. The molecule has 0 atom stereocenters. The molecule has 0 aliphatic rings. The van der Waals surface area contributed by atoms with Crippen molar-refractivity contribution in [3.05, 3.63) is 46.4 Å². The molecule has 0 saturated heterocycles. The number of hydrogen-bond donors (Lipinski definition) is 2. The van der Waals surface area contributed by atoms with Crippen molar-refractivity contribution in [2.75, 3.05) is 5.32 Å². The number of nitriles is 1.